The van der Waals surface area contributed by atoms with E-state index in [2.05, 4.69) is 26.1 Å². The van der Waals surface area contributed by atoms with Crippen molar-refractivity contribution < 1.29 is 14.3 Å². The maximum absolute atomic E-state index is 12.2. The van der Waals surface area contributed by atoms with Crippen LogP contribution in [0.25, 0.3) is 6.08 Å². The van der Waals surface area contributed by atoms with E-state index in [1.165, 1.54) is 6.08 Å². The number of hydrogen-bond donors (Lipinski definition) is 1. The molecule has 0 spiro atoms. The summed E-state index contributed by atoms with van der Waals surface area (Å²) in [5, 5.41) is 2.96. The van der Waals surface area contributed by atoms with Crippen LogP contribution in [-0.4, -0.2) is 12.7 Å². The summed E-state index contributed by atoms with van der Waals surface area (Å²) in [6, 6.07) is 13.5. The lowest BCUT2D eigenvalue weighted by Crippen LogP contribution is -2.17. The van der Waals surface area contributed by atoms with Gasteiger partial charge in [0.2, 0.25) is 12.7 Å². The second-order valence-corrected chi connectivity index (χ2v) is 6.73. The quantitative estimate of drug-likeness (QED) is 0.854. The van der Waals surface area contributed by atoms with Crippen LogP contribution in [-0.2, 0) is 10.2 Å². The molecule has 124 valence electrons. The Bertz CT molecular complexity index is 788. The molecule has 0 unspecified atom stereocenters. The molecule has 3 rings (SSSR count). The highest BCUT2D eigenvalue weighted by Crippen LogP contribution is 2.33. The van der Waals surface area contributed by atoms with Gasteiger partial charge >= 0.3 is 0 Å². The molecule has 2 aromatic rings. The summed E-state index contributed by atoms with van der Waals surface area (Å²) in [5.41, 5.74) is 2.80. The summed E-state index contributed by atoms with van der Waals surface area (Å²) in [5.74, 6) is 1.27. The molecule has 1 aliphatic rings. The molecule has 0 bridgehead atoms. The van der Waals surface area contributed by atoms with Gasteiger partial charge in [-0.3, -0.25) is 4.79 Å². The highest BCUT2D eigenvalue weighted by atomic mass is 16.7. The van der Waals surface area contributed by atoms with Gasteiger partial charge in [-0.2, -0.15) is 0 Å². The van der Waals surface area contributed by atoms with Gasteiger partial charge in [-0.15, -0.1) is 0 Å². The van der Waals surface area contributed by atoms with Crippen LogP contribution in [0.15, 0.2) is 48.5 Å². The molecule has 0 saturated carbocycles. The Morgan fingerprint density at radius 1 is 1.08 bits per heavy atom. The van der Waals surface area contributed by atoms with Crippen LogP contribution in [0.1, 0.15) is 31.9 Å². The summed E-state index contributed by atoms with van der Waals surface area (Å²) >= 11 is 0. The van der Waals surface area contributed by atoms with Gasteiger partial charge in [0.05, 0.1) is 0 Å². The SMILES string of the molecule is CC(C)(C)c1ccccc1NC(=O)/C=C/c1ccc2c(c1)OCO2. The van der Waals surface area contributed by atoms with E-state index in [-0.39, 0.29) is 18.1 Å². The highest BCUT2D eigenvalue weighted by Gasteiger charge is 2.18. The molecule has 2 aromatic carbocycles. The van der Waals surface area contributed by atoms with Gasteiger partial charge in [0.25, 0.3) is 0 Å². The van der Waals surface area contributed by atoms with Crippen LogP contribution in [0, 0.1) is 0 Å². The Morgan fingerprint density at radius 3 is 2.62 bits per heavy atom. The van der Waals surface area contributed by atoms with E-state index < -0.39 is 0 Å². The minimum Gasteiger partial charge on any atom is -0.454 e. The van der Waals surface area contributed by atoms with E-state index in [0.717, 1.165) is 22.6 Å². The third-order valence-electron chi connectivity index (χ3n) is 3.82. The van der Waals surface area contributed by atoms with Gasteiger partial charge in [-0.25, -0.2) is 0 Å². The molecule has 0 radical (unpaired) electrons. The highest BCUT2D eigenvalue weighted by molar-refractivity contribution is 6.02. The van der Waals surface area contributed by atoms with Crippen molar-refractivity contribution in [2.75, 3.05) is 12.1 Å². The Kier molecular flexibility index (Phi) is 4.30. The van der Waals surface area contributed by atoms with Crippen LogP contribution < -0.4 is 14.8 Å². The van der Waals surface area contributed by atoms with Gasteiger partial charge < -0.3 is 14.8 Å². The third-order valence-corrected chi connectivity index (χ3v) is 3.82. The van der Waals surface area contributed by atoms with Crippen LogP contribution in [0.4, 0.5) is 5.69 Å². The standard InChI is InChI=1S/C20H21NO3/c1-20(2,3)15-6-4-5-7-16(15)21-19(22)11-9-14-8-10-17-18(12-14)24-13-23-17/h4-12H,13H2,1-3H3,(H,21,22)/b11-9+. The normalized spacial score (nSPS) is 13.3. The fourth-order valence-electron chi connectivity index (χ4n) is 2.61. The number of carbonyl (C=O) groups is 1. The minimum absolute atomic E-state index is 0.0368. The monoisotopic (exact) mass is 323 g/mol. The molecule has 0 aromatic heterocycles. The van der Waals surface area contributed by atoms with Gasteiger partial charge in [0, 0.05) is 11.8 Å². The zero-order valence-corrected chi connectivity index (χ0v) is 14.1. The van der Waals surface area contributed by atoms with Gasteiger partial charge in [-0.05, 0) is 40.8 Å². The molecule has 0 atom stereocenters. The summed E-state index contributed by atoms with van der Waals surface area (Å²) in [6.45, 7) is 6.62. The van der Waals surface area contributed by atoms with Crippen molar-refractivity contribution in [1.82, 2.24) is 0 Å². The summed E-state index contributed by atoms with van der Waals surface area (Å²) in [6.07, 6.45) is 3.29. The molecule has 0 aliphatic carbocycles. The number of hydrogen-bond acceptors (Lipinski definition) is 3. The van der Waals surface area contributed by atoms with Crippen molar-refractivity contribution in [3.63, 3.8) is 0 Å². The lowest BCUT2D eigenvalue weighted by atomic mass is 9.86. The molecule has 1 aliphatic heterocycles. The van der Waals surface area contributed by atoms with Crippen LogP contribution >= 0.6 is 0 Å². The minimum atomic E-state index is -0.163. The van der Waals surface area contributed by atoms with Crippen LogP contribution in [0.2, 0.25) is 0 Å². The molecule has 1 amide bonds. The molecule has 1 heterocycles. The van der Waals surface area contributed by atoms with Gasteiger partial charge in [0.1, 0.15) is 0 Å². The van der Waals surface area contributed by atoms with E-state index in [9.17, 15) is 4.79 Å². The van der Waals surface area contributed by atoms with E-state index in [1.54, 1.807) is 6.08 Å². The topological polar surface area (TPSA) is 47.6 Å². The fourth-order valence-corrected chi connectivity index (χ4v) is 2.61. The Labute approximate surface area is 142 Å². The summed E-state index contributed by atoms with van der Waals surface area (Å²) in [4.78, 5) is 12.2. The predicted molar refractivity (Wildman–Crippen MR) is 95.4 cm³/mol. The number of amides is 1. The first-order valence-electron chi connectivity index (χ1n) is 7.92. The molecular formula is C20H21NO3. The lowest BCUT2D eigenvalue weighted by Gasteiger charge is -2.22. The molecule has 0 saturated heterocycles. The summed E-state index contributed by atoms with van der Waals surface area (Å²) in [7, 11) is 0. The maximum atomic E-state index is 12.2. The van der Waals surface area contributed by atoms with Gasteiger partial charge in [0.15, 0.2) is 11.5 Å². The van der Waals surface area contributed by atoms with Crippen molar-refractivity contribution >= 4 is 17.7 Å². The number of para-hydroxylation sites is 1. The van der Waals surface area contributed by atoms with Crippen LogP contribution in [0.3, 0.4) is 0 Å². The van der Waals surface area contributed by atoms with E-state index in [0.29, 0.717) is 5.75 Å². The zero-order valence-electron chi connectivity index (χ0n) is 14.1. The molecular weight excluding hydrogens is 302 g/mol. The number of nitrogens with one attached hydrogen (secondary N) is 1. The molecule has 4 heteroatoms. The average Bonchev–Trinajstić information content (AvgIpc) is 3.00. The number of benzene rings is 2. The van der Waals surface area contributed by atoms with E-state index in [4.69, 9.17) is 9.47 Å². The smallest absolute Gasteiger partial charge is 0.248 e. The second kappa shape index (κ2) is 6.40. The summed E-state index contributed by atoms with van der Waals surface area (Å²) < 4.78 is 10.6. The van der Waals surface area contributed by atoms with Gasteiger partial charge in [-0.1, -0.05) is 45.0 Å². The van der Waals surface area contributed by atoms with E-state index in [1.807, 2.05) is 42.5 Å². The number of fused-ring (bicyclic) bond motifs is 1. The van der Waals surface area contributed by atoms with Crippen LogP contribution in [0.5, 0.6) is 11.5 Å². The van der Waals surface area contributed by atoms with Crippen molar-refractivity contribution in [1.29, 1.82) is 0 Å². The zero-order chi connectivity index (χ0) is 17.2. The Hall–Kier alpha value is -2.75. The lowest BCUT2D eigenvalue weighted by molar-refractivity contribution is -0.111. The second-order valence-electron chi connectivity index (χ2n) is 6.73. The number of carbonyl (C=O) groups excluding carboxylic acids is 1. The molecule has 4 nitrogen and oxygen atoms in total. The first-order chi connectivity index (χ1) is 11.4. The van der Waals surface area contributed by atoms with Crippen molar-refractivity contribution in [3.8, 4) is 11.5 Å². The first-order valence-corrected chi connectivity index (χ1v) is 7.92. The number of anilines is 1. The average molecular weight is 323 g/mol. The molecule has 1 N–H and O–H groups in total. The third kappa shape index (κ3) is 3.59. The molecule has 0 fully saturated rings. The molecule has 24 heavy (non-hydrogen) atoms. The number of rotatable bonds is 3. The Morgan fingerprint density at radius 2 is 1.83 bits per heavy atom. The number of ether oxygens (including phenoxy) is 2. The largest absolute Gasteiger partial charge is 0.454 e. The van der Waals surface area contributed by atoms with Crippen molar-refractivity contribution in [2.45, 2.75) is 26.2 Å². The van der Waals surface area contributed by atoms with Crippen molar-refractivity contribution in [2.24, 2.45) is 0 Å². The maximum Gasteiger partial charge on any atom is 0.248 e. The van der Waals surface area contributed by atoms with Crippen molar-refractivity contribution in [3.05, 3.63) is 59.7 Å². The van der Waals surface area contributed by atoms with E-state index >= 15 is 0 Å². The fraction of sp³-hybridized carbons (Fsp3) is 0.250. The predicted octanol–water partition coefficient (Wildman–Crippen LogP) is 4.36. The first kappa shape index (κ1) is 16.1. The Balaban J connectivity index is 1.72.